The molecular weight excluding hydrogens is 292 g/mol. The van der Waals surface area contributed by atoms with E-state index in [0.717, 1.165) is 0 Å². The lowest BCUT2D eigenvalue weighted by Crippen LogP contribution is -2.23. The second kappa shape index (κ2) is 5.67. The molecule has 0 aliphatic rings. The van der Waals surface area contributed by atoms with Crippen LogP contribution in [0.15, 0.2) is 16.6 Å². The van der Waals surface area contributed by atoms with Crippen LogP contribution in [0.2, 0.25) is 0 Å². The first kappa shape index (κ1) is 13.5. The minimum absolute atomic E-state index is 0.126. The van der Waals surface area contributed by atoms with Crippen molar-refractivity contribution in [2.75, 3.05) is 7.11 Å². The number of hydrogen-bond acceptors (Lipinski definition) is 4. The van der Waals surface area contributed by atoms with Gasteiger partial charge in [0.15, 0.2) is 23.9 Å². The van der Waals surface area contributed by atoms with E-state index in [1.165, 1.54) is 20.1 Å². The molecule has 0 bridgehead atoms. The van der Waals surface area contributed by atoms with Crippen LogP contribution in [0.25, 0.3) is 0 Å². The smallest absolute Gasteiger partial charge is 0.344 e. The highest BCUT2D eigenvalue weighted by Crippen LogP contribution is 2.34. The number of benzene rings is 1. The average molecular weight is 303 g/mol. The molecule has 0 amide bonds. The Morgan fingerprint density at radius 2 is 2.18 bits per heavy atom. The van der Waals surface area contributed by atoms with E-state index in [1.807, 2.05) is 0 Å². The highest BCUT2D eigenvalue weighted by atomic mass is 79.9. The van der Waals surface area contributed by atoms with E-state index < -0.39 is 12.1 Å². The maximum absolute atomic E-state index is 10.9. The molecule has 0 saturated heterocycles. The van der Waals surface area contributed by atoms with Crippen molar-refractivity contribution >= 4 is 28.2 Å². The summed E-state index contributed by atoms with van der Waals surface area (Å²) < 4.78 is 10.9. The first-order chi connectivity index (χ1) is 7.99. The highest BCUT2D eigenvalue weighted by molar-refractivity contribution is 9.10. The van der Waals surface area contributed by atoms with Gasteiger partial charge >= 0.3 is 5.97 Å². The third-order valence-corrected chi connectivity index (χ3v) is 2.50. The van der Waals surface area contributed by atoms with Crippen molar-refractivity contribution in [3.63, 3.8) is 0 Å². The molecule has 1 rings (SSSR count). The predicted molar refractivity (Wildman–Crippen MR) is 63.8 cm³/mol. The molecule has 0 saturated carbocycles. The standard InChI is InChI=1S/C11H11BrO5/c1-6(11(14)15)17-10-7(5-13)3-8(12)4-9(10)16-2/h3-6H,1-2H3,(H,14,15). The van der Waals surface area contributed by atoms with Crippen LogP contribution in [-0.4, -0.2) is 30.6 Å². The predicted octanol–water partition coefficient (Wildman–Crippen LogP) is 2.12. The van der Waals surface area contributed by atoms with E-state index in [-0.39, 0.29) is 11.3 Å². The van der Waals surface area contributed by atoms with Gasteiger partial charge in [-0.15, -0.1) is 0 Å². The summed E-state index contributed by atoms with van der Waals surface area (Å²) in [7, 11) is 1.41. The van der Waals surface area contributed by atoms with Crippen LogP contribution >= 0.6 is 15.9 Å². The largest absolute Gasteiger partial charge is 0.493 e. The molecule has 0 aromatic heterocycles. The summed E-state index contributed by atoms with van der Waals surface area (Å²) in [5.74, 6) is -0.693. The lowest BCUT2D eigenvalue weighted by atomic mass is 10.2. The van der Waals surface area contributed by atoms with Gasteiger partial charge in [0, 0.05) is 4.47 Å². The molecule has 0 aliphatic carbocycles. The number of ether oxygens (including phenoxy) is 2. The molecule has 17 heavy (non-hydrogen) atoms. The number of aldehydes is 1. The third kappa shape index (κ3) is 3.20. The molecule has 1 atom stereocenters. The van der Waals surface area contributed by atoms with Crippen LogP contribution in [0.5, 0.6) is 11.5 Å². The SMILES string of the molecule is COc1cc(Br)cc(C=O)c1OC(C)C(=O)O. The molecule has 92 valence electrons. The maximum Gasteiger partial charge on any atom is 0.344 e. The van der Waals surface area contributed by atoms with Gasteiger partial charge in [-0.1, -0.05) is 15.9 Å². The number of carboxylic acid groups (broad SMARTS) is 1. The summed E-state index contributed by atoms with van der Waals surface area (Å²) in [6, 6.07) is 3.12. The van der Waals surface area contributed by atoms with Gasteiger partial charge in [-0.3, -0.25) is 4.79 Å². The summed E-state index contributed by atoms with van der Waals surface area (Å²) in [5, 5.41) is 8.76. The van der Waals surface area contributed by atoms with Gasteiger partial charge in [-0.05, 0) is 19.1 Å². The van der Waals surface area contributed by atoms with Crippen molar-refractivity contribution < 1.29 is 24.2 Å². The Labute approximate surface area is 106 Å². The molecule has 0 radical (unpaired) electrons. The average Bonchev–Trinajstić information content (AvgIpc) is 2.30. The van der Waals surface area contributed by atoms with Crippen molar-refractivity contribution in [3.8, 4) is 11.5 Å². The van der Waals surface area contributed by atoms with Gasteiger partial charge in [-0.25, -0.2) is 4.79 Å². The number of carbonyl (C=O) groups is 2. The van der Waals surface area contributed by atoms with Crippen molar-refractivity contribution in [1.29, 1.82) is 0 Å². The topological polar surface area (TPSA) is 72.8 Å². The van der Waals surface area contributed by atoms with Crippen LogP contribution in [0.1, 0.15) is 17.3 Å². The van der Waals surface area contributed by atoms with E-state index in [4.69, 9.17) is 14.6 Å². The molecule has 6 heteroatoms. The van der Waals surface area contributed by atoms with Gasteiger partial charge in [-0.2, -0.15) is 0 Å². The number of methoxy groups -OCH3 is 1. The van der Waals surface area contributed by atoms with Crippen molar-refractivity contribution in [2.24, 2.45) is 0 Å². The molecule has 0 fully saturated rings. The minimum Gasteiger partial charge on any atom is -0.493 e. The number of halogens is 1. The van der Waals surface area contributed by atoms with Gasteiger partial charge in [0.25, 0.3) is 0 Å². The molecular formula is C11H11BrO5. The highest BCUT2D eigenvalue weighted by Gasteiger charge is 2.19. The fraction of sp³-hybridized carbons (Fsp3) is 0.273. The van der Waals surface area contributed by atoms with Crippen LogP contribution in [0.3, 0.4) is 0 Å². The Balaban J connectivity index is 3.19. The molecule has 5 nitrogen and oxygen atoms in total. The number of hydrogen-bond donors (Lipinski definition) is 1. The van der Waals surface area contributed by atoms with E-state index in [2.05, 4.69) is 15.9 Å². The van der Waals surface area contributed by atoms with E-state index in [1.54, 1.807) is 6.07 Å². The van der Waals surface area contributed by atoms with Crippen LogP contribution in [-0.2, 0) is 4.79 Å². The Morgan fingerprint density at radius 3 is 2.65 bits per heavy atom. The number of rotatable bonds is 5. The summed E-state index contributed by atoms with van der Waals surface area (Å²) in [4.78, 5) is 21.6. The molecule has 1 aromatic rings. The molecule has 1 unspecified atom stereocenters. The normalized spacial score (nSPS) is 11.7. The summed E-state index contributed by atoms with van der Waals surface area (Å²) in [6.45, 7) is 1.37. The zero-order valence-electron chi connectivity index (χ0n) is 9.27. The monoisotopic (exact) mass is 302 g/mol. The molecule has 0 spiro atoms. The third-order valence-electron chi connectivity index (χ3n) is 2.04. The first-order valence-corrected chi connectivity index (χ1v) is 5.51. The number of aliphatic carboxylic acids is 1. The zero-order valence-corrected chi connectivity index (χ0v) is 10.9. The van der Waals surface area contributed by atoms with E-state index in [9.17, 15) is 9.59 Å². The molecule has 1 aromatic carbocycles. The fourth-order valence-electron chi connectivity index (χ4n) is 1.18. The van der Waals surface area contributed by atoms with E-state index >= 15 is 0 Å². The molecule has 0 heterocycles. The summed E-state index contributed by atoms with van der Waals surface area (Å²) in [5.41, 5.74) is 0.226. The fourth-order valence-corrected chi connectivity index (χ4v) is 1.64. The quantitative estimate of drug-likeness (QED) is 0.844. The zero-order chi connectivity index (χ0) is 13.0. The van der Waals surface area contributed by atoms with E-state index in [0.29, 0.717) is 16.5 Å². The Morgan fingerprint density at radius 1 is 1.53 bits per heavy atom. The molecule has 0 aliphatic heterocycles. The lowest BCUT2D eigenvalue weighted by Gasteiger charge is -2.15. The Bertz CT molecular complexity index is 444. The van der Waals surface area contributed by atoms with Crippen LogP contribution in [0.4, 0.5) is 0 Å². The minimum atomic E-state index is -1.12. The van der Waals surface area contributed by atoms with Crippen LogP contribution < -0.4 is 9.47 Å². The van der Waals surface area contributed by atoms with Crippen LogP contribution in [0, 0.1) is 0 Å². The Kier molecular flexibility index (Phi) is 4.51. The summed E-state index contributed by atoms with van der Waals surface area (Å²) >= 11 is 3.21. The lowest BCUT2D eigenvalue weighted by molar-refractivity contribution is -0.144. The van der Waals surface area contributed by atoms with Gasteiger partial charge in [0.05, 0.1) is 12.7 Å². The maximum atomic E-state index is 10.9. The van der Waals surface area contributed by atoms with Crippen molar-refractivity contribution in [1.82, 2.24) is 0 Å². The van der Waals surface area contributed by atoms with Gasteiger partial charge in [0.2, 0.25) is 0 Å². The molecule has 1 N–H and O–H groups in total. The second-order valence-corrected chi connectivity index (χ2v) is 4.16. The summed E-state index contributed by atoms with van der Waals surface area (Å²) in [6.07, 6.45) is -0.485. The van der Waals surface area contributed by atoms with Gasteiger partial charge < -0.3 is 14.6 Å². The Hall–Kier alpha value is -1.56. The van der Waals surface area contributed by atoms with Crippen molar-refractivity contribution in [3.05, 3.63) is 22.2 Å². The van der Waals surface area contributed by atoms with Crippen molar-refractivity contribution in [2.45, 2.75) is 13.0 Å². The van der Waals surface area contributed by atoms with Gasteiger partial charge in [0.1, 0.15) is 0 Å². The first-order valence-electron chi connectivity index (χ1n) is 4.71. The number of carboxylic acids is 1. The second-order valence-electron chi connectivity index (χ2n) is 3.24. The number of carbonyl (C=O) groups excluding carboxylic acids is 1.